The number of unbranched alkanes of at least 4 members (excludes halogenated alkanes) is 1. The molecule has 62 valence electrons. The molecule has 0 aromatic carbocycles. The van der Waals surface area contributed by atoms with Crippen LogP contribution < -0.4 is 0 Å². The Morgan fingerprint density at radius 3 is 1.36 bits per heavy atom. The van der Waals surface area contributed by atoms with Gasteiger partial charge in [0.1, 0.15) is 0 Å². The van der Waals surface area contributed by atoms with E-state index in [-0.39, 0.29) is 39.0 Å². The van der Waals surface area contributed by atoms with Crippen molar-refractivity contribution in [3.05, 3.63) is 6.92 Å². The zero-order valence-corrected chi connectivity index (χ0v) is 14.4. The van der Waals surface area contributed by atoms with Crippen LogP contribution in [-0.4, -0.2) is 14.7 Å². The molecule has 7 heteroatoms. The zero-order valence-electron chi connectivity index (χ0n) is 6.73. The van der Waals surface area contributed by atoms with Gasteiger partial charge in [-0.05, 0) is 11.8 Å². The van der Waals surface area contributed by atoms with Crippen LogP contribution >= 0.6 is 6.72 Å². The van der Waals surface area contributed by atoms with E-state index >= 15 is 0 Å². The summed E-state index contributed by atoms with van der Waals surface area (Å²) in [6, 6.07) is 0. The van der Waals surface area contributed by atoms with E-state index in [4.69, 9.17) is 14.7 Å². The van der Waals surface area contributed by atoms with E-state index in [1.165, 1.54) is 6.42 Å². The molecular formula is C4H12O3PSZn2-. The summed E-state index contributed by atoms with van der Waals surface area (Å²) in [5, 5.41) is 0. The van der Waals surface area contributed by atoms with Crippen molar-refractivity contribution >= 4 is 18.5 Å². The molecule has 11 heavy (non-hydrogen) atoms. The average Bonchev–Trinajstić information content (AvgIpc) is 1.61. The van der Waals surface area contributed by atoms with Crippen LogP contribution in [0.3, 0.4) is 0 Å². The topological polar surface area (TPSA) is 60.7 Å². The number of hydrogen-bond donors (Lipinski definition) is 3. The zero-order chi connectivity index (χ0) is 7.91. The largest absolute Gasteiger partial charge is 0.343 e. The van der Waals surface area contributed by atoms with E-state index in [1.807, 2.05) is 0 Å². The van der Waals surface area contributed by atoms with Crippen molar-refractivity contribution < 1.29 is 53.6 Å². The first-order valence-electron chi connectivity index (χ1n) is 2.49. The third-order valence-corrected chi connectivity index (χ3v) is 0.354. The predicted octanol–water partition coefficient (Wildman–Crippen LogP) is 0.803. The number of hydrogen-bond acceptors (Lipinski definition) is 1. The van der Waals surface area contributed by atoms with Crippen molar-refractivity contribution in [2.45, 2.75) is 19.8 Å². The van der Waals surface area contributed by atoms with Gasteiger partial charge in [0.2, 0.25) is 0 Å². The van der Waals surface area contributed by atoms with Crippen molar-refractivity contribution in [2.75, 3.05) is 0 Å². The summed E-state index contributed by atoms with van der Waals surface area (Å²) in [6.07, 6.45) is 2.28. The fraction of sp³-hybridized carbons (Fsp3) is 0.750. The molecule has 3 nitrogen and oxygen atoms in total. The fourth-order valence-corrected chi connectivity index (χ4v) is 0. The Balaban J connectivity index is -0.0000000383. The van der Waals surface area contributed by atoms with Gasteiger partial charge in [0, 0.05) is 39.0 Å². The Morgan fingerprint density at radius 1 is 1.27 bits per heavy atom. The van der Waals surface area contributed by atoms with Gasteiger partial charge in [-0.2, -0.15) is 6.42 Å². The summed E-state index contributed by atoms with van der Waals surface area (Å²) in [5.74, 6) is 0. The first kappa shape index (κ1) is 23.0. The summed E-state index contributed by atoms with van der Waals surface area (Å²) in [7, 11) is 0. The van der Waals surface area contributed by atoms with Crippen molar-refractivity contribution in [1.82, 2.24) is 0 Å². The second kappa shape index (κ2) is 14.3. The molecule has 0 bridgehead atoms. The third kappa shape index (κ3) is 146. The van der Waals surface area contributed by atoms with Gasteiger partial charge in [-0.15, -0.1) is 0 Å². The van der Waals surface area contributed by atoms with Crippen LogP contribution in [-0.2, 0) is 50.8 Å². The maximum Gasteiger partial charge on any atom is 0.319 e. The summed E-state index contributed by atoms with van der Waals surface area (Å²) >= 11 is 3.60. The van der Waals surface area contributed by atoms with Crippen LogP contribution in [0.5, 0.6) is 0 Å². The van der Waals surface area contributed by atoms with Gasteiger partial charge in [-0.1, -0.05) is 13.3 Å². The Labute approximate surface area is 98.4 Å². The number of rotatable bonds is 1. The molecule has 0 spiro atoms. The second-order valence-electron chi connectivity index (χ2n) is 1.37. The molecule has 0 amide bonds. The molecular weight excluding hydrogens is 290 g/mol. The molecule has 0 radical (unpaired) electrons. The Kier molecular flexibility index (Phi) is 29.9. The van der Waals surface area contributed by atoms with Gasteiger partial charge in [0.15, 0.2) is 0 Å². The van der Waals surface area contributed by atoms with Gasteiger partial charge >= 0.3 is 6.72 Å². The third-order valence-electron chi connectivity index (χ3n) is 0.354. The monoisotopic (exact) mass is 299 g/mol. The molecule has 0 unspecified atom stereocenters. The van der Waals surface area contributed by atoms with E-state index in [0.29, 0.717) is 0 Å². The standard InChI is InChI=1S/C4H9.H3O3PS.2Zn/c1-3-4-2;1-4(2,3)5;;/h1,3-4H2,2H3;(H3,1,2,3,5);;/q-1;;;. The smallest absolute Gasteiger partial charge is 0.319 e. The van der Waals surface area contributed by atoms with Gasteiger partial charge < -0.3 is 21.6 Å². The summed E-state index contributed by atoms with van der Waals surface area (Å²) < 4.78 is 0. The van der Waals surface area contributed by atoms with Crippen LogP contribution in [0.15, 0.2) is 0 Å². The minimum atomic E-state index is -3.81. The average molecular weight is 302 g/mol. The minimum Gasteiger partial charge on any atom is -0.343 e. The summed E-state index contributed by atoms with van der Waals surface area (Å²) in [4.78, 5) is 22.7. The first-order valence-corrected chi connectivity index (χ1v) is 5.15. The minimum absolute atomic E-state index is 0. The van der Waals surface area contributed by atoms with Crippen LogP contribution in [0.2, 0.25) is 0 Å². The van der Waals surface area contributed by atoms with E-state index in [1.54, 1.807) is 0 Å². The molecule has 0 atom stereocenters. The van der Waals surface area contributed by atoms with E-state index in [0.717, 1.165) is 6.42 Å². The molecule has 0 fully saturated rings. The van der Waals surface area contributed by atoms with Crippen molar-refractivity contribution in [3.63, 3.8) is 0 Å². The van der Waals surface area contributed by atoms with Gasteiger partial charge in [-0.25, -0.2) is 0 Å². The van der Waals surface area contributed by atoms with Gasteiger partial charge in [0.25, 0.3) is 0 Å². The van der Waals surface area contributed by atoms with Gasteiger partial charge in [0.05, 0.1) is 0 Å². The van der Waals surface area contributed by atoms with Crippen LogP contribution in [0.1, 0.15) is 19.8 Å². The van der Waals surface area contributed by atoms with Crippen LogP contribution in [0, 0.1) is 6.92 Å². The summed E-state index contributed by atoms with van der Waals surface area (Å²) in [5.41, 5.74) is 0. The van der Waals surface area contributed by atoms with Gasteiger partial charge in [-0.3, -0.25) is 0 Å². The van der Waals surface area contributed by atoms with E-state index in [2.05, 4.69) is 25.7 Å². The normalized spacial score (nSPS) is 8.09. The molecule has 0 rings (SSSR count). The maximum atomic E-state index is 7.56. The first-order chi connectivity index (χ1) is 3.91. The van der Waals surface area contributed by atoms with Crippen molar-refractivity contribution in [3.8, 4) is 0 Å². The Bertz CT molecular complexity index is 87.1. The molecule has 3 N–H and O–H groups in total. The van der Waals surface area contributed by atoms with Crippen LogP contribution in [0.4, 0.5) is 0 Å². The maximum absolute atomic E-state index is 7.56. The van der Waals surface area contributed by atoms with Crippen molar-refractivity contribution in [1.29, 1.82) is 0 Å². The molecule has 0 aromatic heterocycles. The summed E-state index contributed by atoms with van der Waals surface area (Å²) in [6.45, 7) is 1.92. The molecule has 0 aliphatic carbocycles. The molecule has 0 aromatic rings. The molecule has 0 saturated carbocycles. The Hall–Kier alpha value is 1.78. The predicted molar refractivity (Wildman–Crippen MR) is 41.2 cm³/mol. The SMILES string of the molecule is OP(O)(O)=S.[CH2-]CCC.[Zn].[Zn]. The molecule has 0 saturated heterocycles. The molecule has 0 aliphatic rings. The quantitative estimate of drug-likeness (QED) is 0.381. The molecule has 0 aliphatic heterocycles. The fourth-order valence-electron chi connectivity index (χ4n) is 0. The Morgan fingerprint density at radius 2 is 1.36 bits per heavy atom. The van der Waals surface area contributed by atoms with E-state index < -0.39 is 6.72 Å². The van der Waals surface area contributed by atoms with Crippen molar-refractivity contribution in [2.24, 2.45) is 0 Å². The van der Waals surface area contributed by atoms with E-state index in [9.17, 15) is 0 Å². The molecule has 0 heterocycles. The second-order valence-corrected chi connectivity index (χ2v) is 3.86. The van der Waals surface area contributed by atoms with Crippen LogP contribution in [0.25, 0.3) is 0 Å².